The van der Waals surface area contributed by atoms with Crippen molar-refractivity contribution in [1.29, 1.82) is 0 Å². The number of hydrogen-bond donors (Lipinski definition) is 3. The number of likely N-dealkylation sites (N-methyl/N-ethyl adjacent to an activating group) is 1. The van der Waals surface area contributed by atoms with Crippen LogP contribution in [0.15, 0.2) is 22.7 Å². The largest absolute Gasteiger partial charge is 0.505 e. The van der Waals surface area contributed by atoms with Crippen molar-refractivity contribution in [3.8, 4) is 5.75 Å². The van der Waals surface area contributed by atoms with Crippen LogP contribution in [0.25, 0.3) is 0 Å². The van der Waals surface area contributed by atoms with Crippen LogP contribution in [0.2, 0.25) is 0 Å². The second-order valence-corrected chi connectivity index (χ2v) is 3.99. The highest BCUT2D eigenvalue weighted by Crippen LogP contribution is 2.31. The van der Waals surface area contributed by atoms with E-state index in [4.69, 9.17) is 0 Å². The highest BCUT2D eigenvalue weighted by Gasteiger charge is 2.13. The van der Waals surface area contributed by atoms with Crippen LogP contribution in [0.3, 0.4) is 0 Å². The molecule has 1 atom stereocenters. The van der Waals surface area contributed by atoms with Crippen LogP contribution < -0.4 is 10.6 Å². The number of aromatic hydroxyl groups is 1. The first-order chi connectivity index (χ1) is 7.06. The number of hydrogen-bond acceptors (Lipinski definition) is 3. The summed E-state index contributed by atoms with van der Waals surface area (Å²) >= 11 is 3.17. The molecule has 1 amide bonds. The summed E-state index contributed by atoms with van der Waals surface area (Å²) in [7, 11) is 1.70. The van der Waals surface area contributed by atoms with Crippen LogP contribution in [-0.2, 0) is 4.79 Å². The van der Waals surface area contributed by atoms with Crippen LogP contribution in [0.4, 0.5) is 5.69 Å². The minimum Gasteiger partial charge on any atom is -0.505 e. The molecule has 82 valence electrons. The Balaban J connectivity index is 2.81. The van der Waals surface area contributed by atoms with E-state index in [2.05, 4.69) is 26.6 Å². The Hall–Kier alpha value is -1.07. The van der Waals surface area contributed by atoms with Crippen LogP contribution in [-0.4, -0.2) is 24.1 Å². The van der Waals surface area contributed by atoms with Crippen molar-refractivity contribution in [1.82, 2.24) is 5.32 Å². The lowest BCUT2D eigenvalue weighted by Crippen LogP contribution is -2.35. The van der Waals surface area contributed by atoms with Crippen LogP contribution in [0.1, 0.15) is 6.92 Å². The molecule has 0 radical (unpaired) electrons. The molecule has 0 spiro atoms. The zero-order chi connectivity index (χ0) is 11.4. The van der Waals surface area contributed by atoms with Crippen LogP contribution in [0, 0.1) is 0 Å². The predicted octanol–water partition coefficient (Wildman–Crippen LogP) is 1.70. The van der Waals surface area contributed by atoms with Crippen molar-refractivity contribution in [3.05, 3.63) is 22.7 Å². The van der Waals surface area contributed by atoms with E-state index in [-0.39, 0.29) is 17.7 Å². The number of carbonyl (C=O) groups is 1. The Kier molecular flexibility index (Phi) is 4.11. The van der Waals surface area contributed by atoms with Gasteiger partial charge in [0.15, 0.2) is 5.75 Å². The third-order valence-corrected chi connectivity index (χ3v) is 2.71. The van der Waals surface area contributed by atoms with Crippen molar-refractivity contribution >= 4 is 27.5 Å². The van der Waals surface area contributed by atoms with E-state index < -0.39 is 0 Å². The summed E-state index contributed by atoms with van der Waals surface area (Å²) in [6.07, 6.45) is 0. The number of amides is 1. The Morgan fingerprint density at radius 3 is 2.80 bits per heavy atom. The second-order valence-electron chi connectivity index (χ2n) is 3.14. The molecule has 4 nitrogen and oxygen atoms in total. The maximum Gasteiger partial charge on any atom is 0.241 e. The number of nitrogens with one attached hydrogen (secondary N) is 2. The van der Waals surface area contributed by atoms with Gasteiger partial charge in [-0.1, -0.05) is 6.07 Å². The minimum absolute atomic E-state index is 0.0363. The molecule has 1 aromatic carbocycles. The maximum absolute atomic E-state index is 11.5. The number of phenols is 1. The van der Waals surface area contributed by atoms with E-state index in [1.54, 1.807) is 32.2 Å². The first kappa shape index (κ1) is 12.0. The molecule has 15 heavy (non-hydrogen) atoms. The highest BCUT2D eigenvalue weighted by molar-refractivity contribution is 9.10. The Morgan fingerprint density at radius 2 is 2.20 bits per heavy atom. The van der Waals surface area contributed by atoms with Gasteiger partial charge in [0.05, 0.1) is 16.2 Å². The number of rotatable bonds is 3. The fourth-order valence-electron chi connectivity index (χ4n) is 0.988. The van der Waals surface area contributed by atoms with Gasteiger partial charge < -0.3 is 15.7 Å². The third kappa shape index (κ3) is 2.94. The number of para-hydroxylation sites is 1. The Labute approximate surface area is 96.8 Å². The molecular formula is C10H13BrN2O2. The van der Waals surface area contributed by atoms with Gasteiger partial charge in [0.25, 0.3) is 0 Å². The molecule has 5 heteroatoms. The topological polar surface area (TPSA) is 61.4 Å². The number of carbonyl (C=O) groups excluding carboxylic acids is 1. The minimum atomic E-state index is -0.302. The lowest BCUT2D eigenvalue weighted by atomic mass is 10.2. The molecule has 0 aliphatic rings. The van der Waals surface area contributed by atoms with Crippen molar-refractivity contribution in [2.24, 2.45) is 0 Å². The molecule has 3 N–H and O–H groups in total. The first-order valence-electron chi connectivity index (χ1n) is 4.52. The average Bonchev–Trinajstić information content (AvgIpc) is 2.23. The number of halogens is 1. The number of anilines is 1. The lowest BCUT2D eigenvalue weighted by molar-refractivity contribution is -0.117. The lowest BCUT2D eigenvalue weighted by Gasteiger charge is -2.12. The molecule has 1 rings (SSSR count). The molecule has 0 aliphatic heterocycles. The van der Waals surface area contributed by atoms with Gasteiger partial charge in [0.1, 0.15) is 0 Å². The summed E-state index contributed by atoms with van der Waals surface area (Å²) in [4.78, 5) is 11.5. The summed E-state index contributed by atoms with van der Waals surface area (Å²) in [6.45, 7) is 1.74. The molecule has 0 aromatic heterocycles. The normalized spacial score (nSPS) is 12.2. The van der Waals surface area contributed by atoms with Gasteiger partial charge in [-0.05, 0) is 42.0 Å². The molecule has 0 bridgehead atoms. The molecule has 1 unspecified atom stereocenters. The molecule has 0 fully saturated rings. The van der Waals surface area contributed by atoms with Crippen LogP contribution >= 0.6 is 15.9 Å². The van der Waals surface area contributed by atoms with Crippen molar-refractivity contribution in [2.75, 3.05) is 12.4 Å². The maximum atomic E-state index is 11.5. The summed E-state index contributed by atoms with van der Waals surface area (Å²) in [6, 6.07) is 4.78. The van der Waals surface area contributed by atoms with Gasteiger partial charge in [0.2, 0.25) is 5.91 Å². The van der Waals surface area contributed by atoms with Gasteiger partial charge in [-0.2, -0.15) is 0 Å². The summed E-state index contributed by atoms with van der Waals surface area (Å²) < 4.78 is 0.553. The Morgan fingerprint density at radius 1 is 1.53 bits per heavy atom. The van der Waals surface area contributed by atoms with Gasteiger partial charge in [-0.15, -0.1) is 0 Å². The van der Waals surface area contributed by atoms with E-state index in [0.717, 1.165) is 0 Å². The second kappa shape index (κ2) is 5.14. The van der Waals surface area contributed by atoms with E-state index in [1.165, 1.54) is 0 Å². The van der Waals surface area contributed by atoms with Crippen molar-refractivity contribution < 1.29 is 9.90 Å². The Bertz CT molecular complexity index is 368. The van der Waals surface area contributed by atoms with Gasteiger partial charge in [0, 0.05) is 0 Å². The van der Waals surface area contributed by atoms with Gasteiger partial charge >= 0.3 is 0 Å². The fraction of sp³-hybridized carbons (Fsp3) is 0.300. The van der Waals surface area contributed by atoms with E-state index >= 15 is 0 Å². The summed E-state index contributed by atoms with van der Waals surface area (Å²) in [5, 5.41) is 15.1. The quantitative estimate of drug-likeness (QED) is 0.734. The number of phenolic OH excluding ortho intramolecular Hbond substituents is 1. The molecule has 0 saturated carbocycles. The van der Waals surface area contributed by atoms with E-state index in [9.17, 15) is 9.90 Å². The smallest absolute Gasteiger partial charge is 0.241 e. The van der Waals surface area contributed by atoms with E-state index in [0.29, 0.717) is 10.2 Å². The molecule has 0 heterocycles. The van der Waals surface area contributed by atoms with Crippen molar-refractivity contribution in [2.45, 2.75) is 13.0 Å². The zero-order valence-corrected chi connectivity index (χ0v) is 10.1. The predicted molar refractivity (Wildman–Crippen MR) is 63.0 cm³/mol. The first-order valence-corrected chi connectivity index (χ1v) is 5.31. The van der Waals surface area contributed by atoms with Crippen LogP contribution in [0.5, 0.6) is 5.75 Å². The third-order valence-electron chi connectivity index (χ3n) is 2.07. The monoisotopic (exact) mass is 272 g/mol. The molecule has 1 aromatic rings. The molecular weight excluding hydrogens is 260 g/mol. The zero-order valence-electron chi connectivity index (χ0n) is 8.54. The average molecular weight is 273 g/mol. The van der Waals surface area contributed by atoms with Gasteiger partial charge in [-0.3, -0.25) is 4.79 Å². The standard InChI is InChI=1S/C10H13BrN2O2/c1-6(12-2)10(15)13-8-5-3-4-7(11)9(8)14/h3-6,12,14H,1-2H3,(H,13,15). The highest BCUT2D eigenvalue weighted by atomic mass is 79.9. The summed E-state index contributed by atoms with van der Waals surface area (Å²) in [5.74, 6) is -0.153. The molecule has 0 aliphatic carbocycles. The van der Waals surface area contributed by atoms with Gasteiger partial charge in [-0.25, -0.2) is 0 Å². The number of benzene rings is 1. The van der Waals surface area contributed by atoms with E-state index in [1.807, 2.05) is 0 Å². The molecule has 0 saturated heterocycles. The van der Waals surface area contributed by atoms with Crippen molar-refractivity contribution in [3.63, 3.8) is 0 Å². The summed E-state index contributed by atoms with van der Waals surface area (Å²) in [5.41, 5.74) is 0.400. The fourth-order valence-corrected chi connectivity index (χ4v) is 1.35. The SMILES string of the molecule is CNC(C)C(=O)Nc1cccc(Br)c1O.